The summed E-state index contributed by atoms with van der Waals surface area (Å²) in [7, 11) is 0. The molecular formula is C12H12BrClN2O. The highest BCUT2D eigenvalue weighted by atomic mass is 79.9. The van der Waals surface area contributed by atoms with E-state index in [0.29, 0.717) is 10.7 Å². The molecule has 0 aromatic heterocycles. The molecule has 0 saturated carbocycles. The molecule has 2 N–H and O–H groups in total. The molecule has 1 saturated heterocycles. The van der Waals surface area contributed by atoms with Gasteiger partial charge in [0.25, 0.3) is 5.91 Å². The van der Waals surface area contributed by atoms with Crippen molar-refractivity contribution < 1.29 is 4.79 Å². The number of anilines is 1. The van der Waals surface area contributed by atoms with E-state index in [-0.39, 0.29) is 5.91 Å². The quantitative estimate of drug-likeness (QED) is 0.824. The van der Waals surface area contributed by atoms with E-state index in [1.165, 1.54) is 0 Å². The van der Waals surface area contributed by atoms with Gasteiger partial charge >= 0.3 is 0 Å². The Kier molecular flexibility index (Phi) is 3.86. The number of amides is 1. The molecule has 0 aliphatic carbocycles. The molecule has 0 unspecified atom stereocenters. The first kappa shape index (κ1) is 12.6. The summed E-state index contributed by atoms with van der Waals surface area (Å²) in [5.41, 5.74) is 2.53. The maximum atomic E-state index is 11.9. The zero-order valence-corrected chi connectivity index (χ0v) is 11.7. The topological polar surface area (TPSA) is 41.1 Å². The largest absolute Gasteiger partial charge is 0.321 e. The molecule has 1 heterocycles. The minimum Gasteiger partial charge on any atom is -0.321 e. The minimum atomic E-state index is -0.0958. The van der Waals surface area contributed by atoms with Crippen LogP contribution in [0.15, 0.2) is 33.8 Å². The number of rotatable bonds is 2. The molecular weight excluding hydrogens is 304 g/mol. The van der Waals surface area contributed by atoms with Gasteiger partial charge in [0, 0.05) is 23.1 Å². The van der Waals surface area contributed by atoms with Crippen molar-refractivity contribution in [1.29, 1.82) is 0 Å². The molecule has 0 bridgehead atoms. The predicted molar refractivity (Wildman–Crippen MR) is 73.4 cm³/mol. The van der Waals surface area contributed by atoms with Gasteiger partial charge in [-0.1, -0.05) is 27.5 Å². The molecule has 5 heteroatoms. The Balaban J connectivity index is 2.15. The Bertz CT molecular complexity index is 493. The molecule has 1 fully saturated rings. The summed E-state index contributed by atoms with van der Waals surface area (Å²) >= 11 is 9.35. The van der Waals surface area contributed by atoms with E-state index in [2.05, 4.69) is 26.6 Å². The molecule has 1 aromatic rings. The van der Waals surface area contributed by atoms with Crippen molar-refractivity contribution in [3.8, 4) is 0 Å². The third-order valence-electron chi connectivity index (χ3n) is 2.72. The lowest BCUT2D eigenvalue weighted by Crippen LogP contribution is -2.36. The first-order valence-corrected chi connectivity index (χ1v) is 6.41. The third kappa shape index (κ3) is 2.89. The van der Waals surface area contributed by atoms with Crippen molar-refractivity contribution in [2.75, 3.05) is 18.4 Å². The fourth-order valence-electron chi connectivity index (χ4n) is 1.49. The van der Waals surface area contributed by atoms with Crippen LogP contribution >= 0.6 is 27.5 Å². The van der Waals surface area contributed by atoms with E-state index in [9.17, 15) is 4.79 Å². The highest BCUT2D eigenvalue weighted by molar-refractivity contribution is 9.10. The predicted octanol–water partition coefficient (Wildman–Crippen LogP) is 2.96. The Morgan fingerprint density at radius 3 is 2.76 bits per heavy atom. The van der Waals surface area contributed by atoms with Gasteiger partial charge in [-0.25, -0.2) is 0 Å². The molecule has 90 valence electrons. The zero-order valence-electron chi connectivity index (χ0n) is 9.31. The highest BCUT2D eigenvalue weighted by Crippen LogP contribution is 2.26. The molecule has 1 aliphatic rings. The fraction of sp³-hybridized carbons (Fsp3) is 0.250. The molecule has 0 atom stereocenters. The van der Waals surface area contributed by atoms with Crippen molar-refractivity contribution >= 4 is 39.1 Å². The lowest BCUT2D eigenvalue weighted by Gasteiger charge is -2.21. The molecule has 1 amide bonds. The maximum absolute atomic E-state index is 11.9. The average Bonchev–Trinajstić information content (AvgIpc) is 2.21. The molecule has 0 spiro atoms. The third-order valence-corrected chi connectivity index (χ3v) is 3.55. The van der Waals surface area contributed by atoms with Crippen molar-refractivity contribution in [2.24, 2.45) is 0 Å². The molecule has 2 rings (SSSR count). The van der Waals surface area contributed by atoms with E-state index in [0.717, 1.165) is 28.7 Å². The average molecular weight is 316 g/mol. The standard InChI is InChI=1S/C12H12BrClN2O/c1-7(8-5-15-6-8)12(17)16-11-4-9(13)2-3-10(11)14/h2-4,15H,5-6H2,1H3,(H,16,17). The van der Waals surface area contributed by atoms with Gasteiger partial charge in [0.05, 0.1) is 10.7 Å². The Labute approximate surface area is 113 Å². The van der Waals surface area contributed by atoms with E-state index < -0.39 is 0 Å². The molecule has 1 aliphatic heterocycles. The fourth-order valence-corrected chi connectivity index (χ4v) is 2.01. The van der Waals surface area contributed by atoms with Crippen LogP contribution in [0, 0.1) is 0 Å². The van der Waals surface area contributed by atoms with E-state index in [4.69, 9.17) is 11.6 Å². The van der Waals surface area contributed by atoms with Gasteiger partial charge in [-0.05, 0) is 30.7 Å². The first-order chi connectivity index (χ1) is 8.08. The van der Waals surface area contributed by atoms with Crippen molar-refractivity contribution in [3.05, 3.63) is 38.8 Å². The summed E-state index contributed by atoms with van der Waals surface area (Å²) in [5, 5.41) is 6.46. The number of hydrogen-bond donors (Lipinski definition) is 2. The van der Waals surface area contributed by atoms with Crippen molar-refractivity contribution in [1.82, 2.24) is 5.32 Å². The Morgan fingerprint density at radius 1 is 1.47 bits per heavy atom. The second-order valence-electron chi connectivity index (χ2n) is 3.91. The molecule has 1 aromatic carbocycles. The SMILES string of the molecule is CC(C(=O)Nc1cc(Br)ccc1Cl)=C1CNC1. The molecule has 17 heavy (non-hydrogen) atoms. The number of carbonyl (C=O) groups is 1. The van der Waals surface area contributed by atoms with Crippen LogP contribution in [0.5, 0.6) is 0 Å². The van der Waals surface area contributed by atoms with Gasteiger partial charge in [-0.2, -0.15) is 0 Å². The van der Waals surface area contributed by atoms with Gasteiger partial charge in [0.1, 0.15) is 0 Å². The molecule has 0 radical (unpaired) electrons. The van der Waals surface area contributed by atoms with Crippen LogP contribution in [-0.4, -0.2) is 19.0 Å². The first-order valence-electron chi connectivity index (χ1n) is 5.23. The van der Waals surface area contributed by atoms with Crippen LogP contribution in [0.2, 0.25) is 5.02 Å². The van der Waals surface area contributed by atoms with E-state index in [1.807, 2.05) is 13.0 Å². The Morgan fingerprint density at radius 2 is 2.18 bits per heavy atom. The summed E-state index contributed by atoms with van der Waals surface area (Å²) in [4.78, 5) is 11.9. The maximum Gasteiger partial charge on any atom is 0.251 e. The normalized spacial score (nSPS) is 14.2. The van der Waals surface area contributed by atoms with Crippen molar-refractivity contribution in [3.63, 3.8) is 0 Å². The lowest BCUT2D eigenvalue weighted by molar-refractivity contribution is -0.112. The number of carbonyl (C=O) groups excluding carboxylic acids is 1. The summed E-state index contributed by atoms with van der Waals surface area (Å²) in [6.07, 6.45) is 0. The summed E-state index contributed by atoms with van der Waals surface area (Å²) in [6.45, 7) is 3.42. The summed E-state index contributed by atoms with van der Waals surface area (Å²) < 4.78 is 0.882. The number of benzene rings is 1. The van der Waals surface area contributed by atoms with Gasteiger partial charge < -0.3 is 10.6 Å². The van der Waals surface area contributed by atoms with Crippen LogP contribution in [0.4, 0.5) is 5.69 Å². The lowest BCUT2D eigenvalue weighted by atomic mass is 10.0. The van der Waals surface area contributed by atoms with Crippen LogP contribution in [0.25, 0.3) is 0 Å². The summed E-state index contributed by atoms with van der Waals surface area (Å²) in [5.74, 6) is -0.0958. The van der Waals surface area contributed by atoms with Gasteiger partial charge in [-0.3, -0.25) is 4.79 Å². The second kappa shape index (κ2) is 5.21. The Hall–Kier alpha value is -0.840. The van der Waals surface area contributed by atoms with Gasteiger partial charge in [0.15, 0.2) is 0 Å². The van der Waals surface area contributed by atoms with Crippen LogP contribution in [-0.2, 0) is 4.79 Å². The summed E-state index contributed by atoms with van der Waals surface area (Å²) in [6, 6.07) is 5.37. The number of halogens is 2. The van der Waals surface area contributed by atoms with E-state index >= 15 is 0 Å². The molecule has 3 nitrogen and oxygen atoms in total. The van der Waals surface area contributed by atoms with E-state index in [1.54, 1.807) is 12.1 Å². The van der Waals surface area contributed by atoms with Gasteiger partial charge in [-0.15, -0.1) is 0 Å². The van der Waals surface area contributed by atoms with Crippen LogP contribution < -0.4 is 10.6 Å². The smallest absolute Gasteiger partial charge is 0.251 e. The van der Waals surface area contributed by atoms with Crippen LogP contribution in [0.1, 0.15) is 6.92 Å². The minimum absolute atomic E-state index is 0.0958. The van der Waals surface area contributed by atoms with Crippen molar-refractivity contribution in [2.45, 2.75) is 6.92 Å². The van der Waals surface area contributed by atoms with Gasteiger partial charge in [0.2, 0.25) is 0 Å². The second-order valence-corrected chi connectivity index (χ2v) is 5.23. The number of nitrogens with one attached hydrogen (secondary N) is 2. The zero-order chi connectivity index (χ0) is 12.4. The number of hydrogen-bond acceptors (Lipinski definition) is 2. The highest BCUT2D eigenvalue weighted by Gasteiger charge is 2.16. The monoisotopic (exact) mass is 314 g/mol. The van der Waals surface area contributed by atoms with Crippen LogP contribution in [0.3, 0.4) is 0 Å².